The number of sulfone groups is 1. The smallest absolute Gasteiger partial charge is 0.306 e. The van der Waals surface area contributed by atoms with Crippen molar-refractivity contribution in [3.05, 3.63) is 94.0 Å². The van der Waals surface area contributed by atoms with E-state index in [9.17, 15) is 23.1 Å². The molecule has 1 N–H and O–H groups in total. The zero-order valence-electron chi connectivity index (χ0n) is 22.3. The SMILES string of the molecule is O=C(O)C1CCC(C(=O)N2CCC(c3ccc(OCc4c(Cl)cccc4Cl)cc3)(S(=O)(=O)c3ccccc3)C2)CC1. The molecule has 1 saturated heterocycles. The first-order valence-electron chi connectivity index (χ1n) is 13.6. The summed E-state index contributed by atoms with van der Waals surface area (Å²) < 4.78 is 33.0. The molecule has 0 aromatic heterocycles. The van der Waals surface area contributed by atoms with Gasteiger partial charge in [0.25, 0.3) is 0 Å². The number of aliphatic carboxylic acids is 1. The van der Waals surface area contributed by atoms with E-state index in [-0.39, 0.29) is 36.3 Å². The first kappa shape index (κ1) is 29.4. The van der Waals surface area contributed by atoms with Crippen molar-refractivity contribution in [1.29, 1.82) is 0 Å². The van der Waals surface area contributed by atoms with Gasteiger partial charge in [-0.3, -0.25) is 9.59 Å². The summed E-state index contributed by atoms with van der Waals surface area (Å²) in [6, 6.07) is 20.5. The number of carboxylic acids is 1. The van der Waals surface area contributed by atoms with Gasteiger partial charge >= 0.3 is 5.97 Å². The topological polar surface area (TPSA) is 101 Å². The number of ether oxygens (including phenoxy) is 1. The number of halogens is 2. The molecule has 5 rings (SSSR count). The lowest BCUT2D eigenvalue weighted by atomic mass is 9.81. The zero-order chi connectivity index (χ0) is 29.2. The summed E-state index contributed by atoms with van der Waals surface area (Å²) in [4.78, 5) is 26.7. The number of carbonyl (C=O) groups is 2. The standard InChI is InChI=1S/C31H31Cl2NO6S/c32-27-7-4-8-28(33)26(27)19-40-24-15-13-23(14-16-24)31(41(38,39)25-5-2-1-3-6-25)17-18-34(20-31)29(35)21-9-11-22(12-10-21)30(36)37/h1-8,13-16,21-22H,9-12,17-20H2,(H,36,37). The van der Waals surface area contributed by atoms with Crippen LogP contribution in [0.25, 0.3) is 0 Å². The van der Waals surface area contributed by atoms with E-state index < -0.39 is 26.5 Å². The number of nitrogens with zero attached hydrogens (tertiary/aromatic N) is 1. The maximum absolute atomic E-state index is 14.2. The maximum atomic E-state index is 14.2. The van der Waals surface area contributed by atoms with E-state index >= 15 is 0 Å². The maximum Gasteiger partial charge on any atom is 0.306 e. The van der Waals surface area contributed by atoms with Gasteiger partial charge in [0, 0.05) is 34.6 Å². The van der Waals surface area contributed by atoms with Crippen molar-refractivity contribution in [2.45, 2.75) is 48.4 Å². The summed E-state index contributed by atoms with van der Waals surface area (Å²) in [6.07, 6.45) is 2.14. The van der Waals surface area contributed by atoms with Crippen LogP contribution in [-0.4, -0.2) is 43.4 Å². The number of hydrogen-bond acceptors (Lipinski definition) is 5. The lowest BCUT2D eigenvalue weighted by molar-refractivity contribution is -0.145. The predicted octanol–water partition coefficient (Wildman–Crippen LogP) is 6.36. The lowest BCUT2D eigenvalue weighted by Gasteiger charge is -2.32. The number of carboxylic acid groups (broad SMARTS) is 1. The Bertz CT molecular complexity index is 1500. The summed E-state index contributed by atoms with van der Waals surface area (Å²) in [5.74, 6) is -1.13. The summed E-state index contributed by atoms with van der Waals surface area (Å²) in [6.45, 7) is 0.474. The van der Waals surface area contributed by atoms with E-state index in [0.717, 1.165) is 0 Å². The van der Waals surface area contributed by atoms with Crippen LogP contribution < -0.4 is 4.74 Å². The van der Waals surface area contributed by atoms with Crippen LogP contribution in [0.2, 0.25) is 10.0 Å². The molecule has 3 aromatic carbocycles. The number of benzene rings is 3. The molecular weight excluding hydrogens is 585 g/mol. The normalized spacial score (nSPS) is 22.8. The molecule has 7 nitrogen and oxygen atoms in total. The van der Waals surface area contributed by atoms with E-state index in [2.05, 4.69) is 0 Å². The van der Waals surface area contributed by atoms with Crippen LogP contribution in [0.4, 0.5) is 0 Å². The van der Waals surface area contributed by atoms with E-state index in [1.165, 1.54) is 0 Å². The highest BCUT2D eigenvalue weighted by molar-refractivity contribution is 7.92. The van der Waals surface area contributed by atoms with Gasteiger partial charge in [-0.25, -0.2) is 8.42 Å². The highest BCUT2D eigenvalue weighted by atomic mass is 35.5. The lowest BCUT2D eigenvalue weighted by Crippen LogP contribution is -2.42. The minimum Gasteiger partial charge on any atom is -0.489 e. The number of carbonyl (C=O) groups excluding carboxylic acids is 1. The molecule has 1 aliphatic carbocycles. The van der Waals surface area contributed by atoms with Gasteiger partial charge in [-0.15, -0.1) is 0 Å². The van der Waals surface area contributed by atoms with Gasteiger partial charge in [0.2, 0.25) is 5.91 Å². The fourth-order valence-electron chi connectivity index (χ4n) is 5.93. The molecule has 2 aliphatic rings. The second-order valence-corrected chi connectivity index (χ2v) is 13.8. The highest BCUT2D eigenvalue weighted by Crippen LogP contribution is 2.45. The number of amides is 1. The van der Waals surface area contributed by atoms with Crippen molar-refractivity contribution in [2.75, 3.05) is 13.1 Å². The van der Waals surface area contributed by atoms with Crippen molar-refractivity contribution in [1.82, 2.24) is 4.90 Å². The number of hydrogen-bond donors (Lipinski definition) is 1. The van der Waals surface area contributed by atoms with Crippen LogP contribution >= 0.6 is 23.2 Å². The van der Waals surface area contributed by atoms with Gasteiger partial charge < -0.3 is 14.7 Å². The van der Waals surface area contributed by atoms with Crippen LogP contribution in [-0.2, 0) is 30.8 Å². The Morgan fingerprint density at radius 2 is 1.49 bits per heavy atom. The Labute approximate surface area is 250 Å². The second kappa shape index (κ2) is 12.0. The first-order valence-corrected chi connectivity index (χ1v) is 15.8. The van der Waals surface area contributed by atoms with Gasteiger partial charge in [0.15, 0.2) is 9.84 Å². The van der Waals surface area contributed by atoms with Gasteiger partial charge in [-0.1, -0.05) is 59.6 Å². The van der Waals surface area contributed by atoms with E-state index in [1.54, 1.807) is 77.7 Å². The highest BCUT2D eigenvalue weighted by Gasteiger charge is 2.52. The van der Waals surface area contributed by atoms with Crippen LogP contribution in [0, 0.1) is 11.8 Å². The minimum absolute atomic E-state index is 0.0252. The third-order valence-corrected chi connectivity index (χ3v) is 11.6. The Balaban J connectivity index is 1.40. The molecule has 0 bridgehead atoms. The summed E-state index contributed by atoms with van der Waals surface area (Å²) in [7, 11) is -3.90. The molecule has 41 heavy (non-hydrogen) atoms. The molecule has 0 spiro atoms. The van der Waals surface area contributed by atoms with Crippen molar-refractivity contribution in [2.24, 2.45) is 11.8 Å². The van der Waals surface area contributed by atoms with Crippen LogP contribution in [0.3, 0.4) is 0 Å². The average Bonchev–Trinajstić information content (AvgIpc) is 3.45. The molecule has 216 valence electrons. The van der Waals surface area contributed by atoms with Gasteiger partial charge in [0.1, 0.15) is 17.1 Å². The summed E-state index contributed by atoms with van der Waals surface area (Å²) >= 11 is 12.5. The average molecular weight is 617 g/mol. The Morgan fingerprint density at radius 1 is 0.878 bits per heavy atom. The first-order chi connectivity index (χ1) is 19.6. The van der Waals surface area contributed by atoms with Gasteiger partial charge in [0.05, 0.1) is 10.8 Å². The molecule has 1 atom stereocenters. The van der Waals surface area contributed by atoms with Crippen LogP contribution in [0.5, 0.6) is 5.75 Å². The molecule has 1 amide bonds. The predicted molar refractivity (Wildman–Crippen MR) is 157 cm³/mol. The fourth-order valence-corrected chi connectivity index (χ4v) is 8.54. The molecule has 1 saturated carbocycles. The van der Waals surface area contributed by atoms with Crippen LogP contribution in [0.1, 0.15) is 43.2 Å². The van der Waals surface area contributed by atoms with Gasteiger partial charge in [-0.2, -0.15) is 0 Å². The molecule has 1 heterocycles. The largest absolute Gasteiger partial charge is 0.489 e. The molecule has 3 aromatic rings. The van der Waals surface area contributed by atoms with Crippen molar-refractivity contribution in [3.8, 4) is 5.75 Å². The van der Waals surface area contributed by atoms with E-state index in [1.807, 2.05) is 0 Å². The van der Waals surface area contributed by atoms with Crippen LogP contribution in [0.15, 0.2) is 77.7 Å². The second-order valence-electron chi connectivity index (χ2n) is 10.7. The molecule has 0 radical (unpaired) electrons. The molecule has 1 aliphatic heterocycles. The summed E-state index contributed by atoms with van der Waals surface area (Å²) in [5, 5.41) is 10.3. The Hall–Kier alpha value is -3.07. The molecule has 10 heteroatoms. The quantitative estimate of drug-likeness (QED) is 0.316. The zero-order valence-corrected chi connectivity index (χ0v) is 24.7. The molecular formula is C31H31Cl2NO6S. The van der Waals surface area contributed by atoms with Crippen molar-refractivity contribution in [3.63, 3.8) is 0 Å². The number of likely N-dealkylation sites (tertiary alicyclic amines) is 1. The molecule has 1 unspecified atom stereocenters. The fraction of sp³-hybridized carbons (Fsp3) is 0.355. The van der Waals surface area contributed by atoms with E-state index in [0.29, 0.717) is 59.1 Å². The minimum atomic E-state index is -3.90. The van der Waals surface area contributed by atoms with Gasteiger partial charge in [-0.05, 0) is 74.1 Å². The van der Waals surface area contributed by atoms with Crippen molar-refractivity contribution >= 4 is 44.9 Å². The monoisotopic (exact) mass is 615 g/mol. The third kappa shape index (κ3) is 5.83. The Kier molecular flexibility index (Phi) is 8.64. The number of rotatable bonds is 8. The third-order valence-electron chi connectivity index (χ3n) is 8.36. The molecule has 2 fully saturated rings. The Morgan fingerprint density at radius 3 is 2.10 bits per heavy atom. The summed E-state index contributed by atoms with van der Waals surface area (Å²) in [5.41, 5.74) is 1.24. The van der Waals surface area contributed by atoms with E-state index in [4.69, 9.17) is 27.9 Å². The van der Waals surface area contributed by atoms with Crippen molar-refractivity contribution < 1.29 is 27.9 Å².